The van der Waals surface area contributed by atoms with Crippen LogP contribution in [0.15, 0.2) is 106 Å². The largest absolute Gasteiger partial charge is 0.355 e. The van der Waals surface area contributed by atoms with Crippen LogP contribution in [0, 0.1) is 6.92 Å². The fourth-order valence-electron chi connectivity index (χ4n) is 4.67. The molecule has 0 bridgehead atoms. The Morgan fingerprint density at radius 1 is 0.864 bits per heavy atom. The fraction of sp³-hybridized carbons (Fsp3) is 0.212. The second-order valence-electron chi connectivity index (χ2n) is 10.1. The molecule has 7 nitrogen and oxygen atoms in total. The fourth-order valence-corrected chi connectivity index (χ4v) is 6.81. The predicted octanol–water partition coefficient (Wildman–Crippen LogP) is 7.04. The first-order chi connectivity index (χ1) is 21.0. The Labute approximate surface area is 277 Å². The molecule has 0 aromatic heterocycles. The van der Waals surface area contributed by atoms with Crippen molar-refractivity contribution in [1.29, 1.82) is 0 Å². The van der Waals surface area contributed by atoms with Gasteiger partial charge in [0.1, 0.15) is 12.6 Å². The minimum atomic E-state index is -4.30. The first kappa shape index (κ1) is 33.5. The molecule has 0 fully saturated rings. The molecule has 0 saturated heterocycles. The van der Waals surface area contributed by atoms with E-state index in [1.807, 2.05) is 61.5 Å². The number of hydrogen-bond acceptors (Lipinski definition) is 4. The zero-order chi connectivity index (χ0) is 31.9. The summed E-state index contributed by atoms with van der Waals surface area (Å²) < 4.78 is 30.1. The molecule has 1 unspecified atom stereocenters. The smallest absolute Gasteiger partial charge is 0.264 e. The van der Waals surface area contributed by atoms with Crippen molar-refractivity contribution in [1.82, 2.24) is 10.2 Å². The number of aryl methyl sites for hydroxylation is 1. The van der Waals surface area contributed by atoms with Crippen LogP contribution in [-0.4, -0.2) is 44.3 Å². The van der Waals surface area contributed by atoms with Crippen LogP contribution < -0.4 is 9.62 Å². The standard InChI is InChI=1S/C33H32BrCl2N3O4S/c1-3-37-33(41)30(20-24-8-5-4-6-9-24)38(21-25-14-16-26(34)17-15-25)31(40)22-39(29-11-7-10-28(35)32(29)36)44(42,43)27-18-12-23(2)13-19-27/h4-19,30H,3,20-22H2,1-2H3,(H,37,41). The molecule has 2 amide bonds. The summed E-state index contributed by atoms with van der Waals surface area (Å²) in [7, 11) is -4.30. The predicted molar refractivity (Wildman–Crippen MR) is 179 cm³/mol. The molecule has 4 aromatic rings. The van der Waals surface area contributed by atoms with E-state index in [-0.39, 0.29) is 39.5 Å². The first-order valence-corrected chi connectivity index (χ1v) is 16.9. The molecule has 0 saturated carbocycles. The van der Waals surface area contributed by atoms with Crippen molar-refractivity contribution in [3.8, 4) is 0 Å². The van der Waals surface area contributed by atoms with Gasteiger partial charge in [0, 0.05) is 24.0 Å². The van der Waals surface area contributed by atoms with Crippen LogP contribution in [0.25, 0.3) is 0 Å². The molecule has 4 aromatic carbocycles. The molecule has 230 valence electrons. The summed E-state index contributed by atoms with van der Waals surface area (Å²) in [4.78, 5) is 29.4. The Morgan fingerprint density at radius 3 is 2.16 bits per heavy atom. The van der Waals surface area contributed by atoms with Gasteiger partial charge in [0.15, 0.2) is 0 Å². The molecular weight excluding hydrogens is 685 g/mol. The summed E-state index contributed by atoms with van der Waals surface area (Å²) in [6.07, 6.45) is 0.220. The summed E-state index contributed by atoms with van der Waals surface area (Å²) in [5, 5.41) is 2.97. The highest BCUT2D eigenvalue weighted by atomic mass is 79.9. The van der Waals surface area contributed by atoms with Gasteiger partial charge in [-0.2, -0.15) is 0 Å². The molecule has 0 aliphatic carbocycles. The van der Waals surface area contributed by atoms with Gasteiger partial charge in [-0.15, -0.1) is 0 Å². The number of nitrogens with zero attached hydrogens (tertiary/aromatic N) is 2. The number of sulfonamides is 1. The highest BCUT2D eigenvalue weighted by Crippen LogP contribution is 2.35. The van der Waals surface area contributed by atoms with Gasteiger partial charge in [-0.3, -0.25) is 13.9 Å². The number of amides is 2. The molecule has 11 heteroatoms. The highest BCUT2D eigenvalue weighted by molar-refractivity contribution is 9.10. The number of likely N-dealkylation sites (N-methyl/N-ethyl adjacent to an activating group) is 1. The van der Waals surface area contributed by atoms with E-state index in [0.717, 1.165) is 25.5 Å². The molecule has 0 spiro atoms. The number of benzene rings is 4. The Kier molecular flexibility index (Phi) is 11.5. The van der Waals surface area contributed by atoms with Crippen LogP contribution in [-0.2, 0) is 32.6 Å². The van der Waals surface area contributed by atoms with Gasteiger partial charge in [-0.25, -0.2) is 8.42 Å². The minimum absolute atomic E-state index is 0.0123. The van der Waals surface area contributed by atoms with Crippen molar-refractivity contribution in [2.75, 3.05) is 17.4 Å². The highest BCUT2D eigenvalue weighted by Gasteiger charge is 2.35. The Hall–Kier alpha value is -3.37. The van der Waals surface area contributed by atoms with E-state index in [9.17, 15) is 18.0 Å². The summed E-state index contributed by atoms with van der Waals surface area (Å²) in [5.41, 5.74) is 2.53. The number of nitrogens with one attached hydrogen (secondary N) is 1. The quantitative estimate of drug-likeness (QED) is 0.171. The average molecular weight is 718 g/mol. The molecular formula is C33H32BrCl2N3O4S. The Balaban J connectivity index is 1.82. The van der Waals surface area contributed by atoms with Gasteiger partial charge >= 0.3 is 0 Å². The van der Waals surface area contributed by atoms with E-state index in [1.54, 1.807) is 25.1 Å². The van der Waals surface area contributed by atoms with Gasteiger partial charge in [-0.05, 0) is 61.4 Å². The maximum Gasteiger partial charge on any atom is 0.264 e. The summed E-state index contributed by atoms with van der Waals surface area (Å²) >= 11 is 16.3. The lowest BCUT2D eigenvalue weighted by Crippen LogP contribution is -2.53. The molecule has 0 heterocycles. The van der Waals surface area contributed by atoms with Gasteiger partial charge in [0.25, 0.3) is 10.0 Å². The number of carbonyl (C=O) groups excluding carboxylic acids is 2. The Morgan fingerprint density at radius 2 is 1.52 bits per heavy atom. The van der Waals surface area contributed by atoms with Crippen LogP contribution in [0.1, 0.15) is 23.6 Å². The molecule has 1 N–H and O–H groups in total. The summed E-state index contributed by atoms with van der Waals surface area (Å²) in [6.45, 7) is 3.44. The maximum absolute atomic E-state index is 14.4. The van der Waals surface area contributed by atoms with Crippen molar-refractivity contribution >= 4 is 66.7 Å². The van der Waals surface area contributed by atoms with E-state index in [2.05, 4.69) is 21.2 Å². The van der Waals surface area contributed by atoms with Crippen LogP contribution in [0.4, 0.5) is 5.69 Å². The first-order valence-electron chi connectivity index (χ1n) is 13.9. The van der Waals surface area contributed by atoms with Crippen LogP contribution in [0.5, 0.6) is 0 Å². The third-order valence-electron chi connectivity index (χ3n) is 6.98. The summed E-state index contributed by atoms with van der Waals surface area (Å²) in [6, 6.07) is 26.7. The number of anilines is 1. The third-order valence-corrected chi connectivity index (χ3v) is 10.1. The van der Waals surface area contributed by atoms with Gasteiger partial charge in [0.05, 0.1) is 20.6 Å². The van der Waals surface area contributed by atoms with E-state index < -0.39 is 28.5 Å². The number of halogens is 3. The lowest BCUT2D eigenvalue weighted by Gasteiger charge is -2.34. The molecule has 1 atom stereocenters. The van der Waals surface area contributed by atoms with E-state index in [1.165, 1.54) is 29.2 Å². The van der Waals surface area contributed by atoms with E-state index >= 15 is 0 Å². The topological polar surface area (TPSA) is 86.8 Å². The molecule has 4 rings (SSSR count). The lowest BCUT2D eigenvalue weighted by atomic mass is 10.0. The zero-order valence-electron chi connectivity index (χ0n) is 24.2. The second kappa shape index (κ2) is 15.1. The van der Waals surface area contributed by atoms with Gasteiger partial charge in [-0.1, -0.05) is 105 Å². The van der Waals surface area contributed by atoms with Crippen molar-refractivity contribution in [2.45, 2.75) is 37.8 Å². The van der Waals surface area contributed by atoms with Crippen molar-refractivity contribution in [3.05, 3.63) is 128 Å². The second-order valence-corrected chi connectivity index (χ2v) is 13.7. The van der Waals surface area contributed by atoms with E-state index in [0.29, 0.717) is 6.54 Å². The van der Waals surface area contributed by atoms with Crippen molar-refractivity contribution < 1.29 is 18.0 Å². The number of carbonyl (C=O) groups is 2. The maximum atomic E-state index is 14.4. The van der Waals surface area contributed by atoms with E-state index in [4.69, 9.17) is 23.2 Å². The Bertz CT molecular complexity index is 1700. The third kappa shape index (κ3) is 8.21. The van der Waals surface area contributed by atoms with Crippen LogP contribution in [0.2, 0.25) is 10.0 Å². The molecule has 0 aliphatic heterocycles. The molecule has 44 heavy (non-hydrogen) atoms. The summed E-state index contributed by atoms with van der Waals surface area (Å²) in [5.74, 6) is -0.942. The SMILES string of the molecule is CCNC(=O)C(Cc1ccccc1)N(Cc1ccc(Br)cc1)C(=O)CN(c1cccc(Cl)c1Cl)S(=O)(=O)c1ccc(C)cc1. The zero-order valence-corrected chi connectivity index (χ0v) is 28.1. The monoisotopic (exact) mass is 715 g/mol. The number of rotatable bonds is 12. The van der Waals surface area contributed by atoms with Crippen LogP contribution in [0.3, 0.4) is 0 Å². The van der Waals surface area contributed by atoms with Crippen LogP contribution >= 0.6 is 39.1 Å². The van der Waals surface area contributed by atoms with Crippen molar-refractivity contribution in [3.63, 3.8) is 0 Å². The molecule has 0 radical (unpaired) electrons. The minimum Gasteiger partial charge on any atom is -0.355 e. The average Bonchev–Trinajstić information content (AvgIpc) is 3.01. The van der Waals surface area contributed by atoms with Gasteiger partial charge in [0.2, 0.25) is 11.8 Å². The number of hydrogen-bond donors (Lipinski definition) is 1. The molecule has 0 aliphatic rings. The van der Waals surface area contributed by atoms with Gasteiger partial charge < -0.3 is 10.2 Å². The lowest BCUT2D eigenvalue weighted by molar-refractivity contribution is -0.140. The van der Waals surface area contributed by atoms with Crippen molar-refractivity contribution in [2.24, 2.45) is 0 Å². The normalized spacial score (nSPS) is 11.9.